The van der Waals surface area contributed by atoms with Gasteiger partial charge in [-0.1, -0.05) is 80.6 Å². The summed E-state index contributed by atoms with van der Waals surface area (Å²) in [6, 6.07) is 22.9. The molecule has 3 unspecified atom stereocenters. The van der Waals surface area contributed by atoms with Gasteiger partial charge >= 0.3 is 23.9 Å². The Morgan fingerprint density at radius 2 is 1.40 bits per heavy atom. The van der Waals surface area contributed by atoms with Crippen LogP contribution in [0.25, 0.3) is 0 Å². The van der Waals surface area contributed by atoms with E-state index in [0.29, 0.717) is 5.56 Å². The third-order valence-electron chi connectivity index (χ3n) is 13.5. The van der Waals surface area contributed by atoms with Gasteiger partial charge in [0.1, 0.15) is 23.9 Å². The molecule has 3 aliphatic carbocycles. The van der Waals surface area contributed by atoms with Crippen LogP contribution in [-0.2, 0) is 42.9 Å². The minimum Gasteiger partial charge on any atom is -0.456 e. The summed E-state index contributed by atoms with van der Waals surface area (Å²) in [6.45, 7) is 7.97. The number of ketones is 1. The molecular weight excluding hydrogens is 803 g/mol. The molecule has 3 aromatic carbocycles. The lowest BCUT2D eigenvalue weighted by Gasteiger charge is -2.67. The number of aliphatic hydroxyl groups is 3. The van der Waals surface area contributed by atoms with Crippen LogP contribution in [0.15, 0.2) is 102 Å². The van der Waals surface area contributed by atoms with E-state index in [1.807, 2.05) is 0 Å². The molecule has 15 nitrogen and oxygen atoms in total. The number of esters is 4. The van der Waals surface area contributed by atoms with E-state index in [1.54, 1.807) is 92.7 Å². The van der Waals surface area contributed by atoms with Crippen molar-refractivity contribution in [2.24, 2.45) is 16.7 Å². The molecule has 3 aromatic rings. The van der Waals surface area contributed by atoms with Crippen LogP contribution in [0.4, 0.5) is 0 Å². The second-order valence-electron chi connectivity index (χ2n) is 17.4. The number of hydrogen-bond acceptors (Lipinski definition) is 14. The lowest BCUT2D eigenvalue weighted by molar-refractivity contribution is -0.346. The minimum atomic E-state index is -2.39. The monoisotopic (exact) mass is 853 g/mol. The molecule has 1 saturated heterocycles. The van der Waals surface area contributed by atoms with Gasteiger partial charge in [-0.25, -0.2) is 9.59 Å². The average Bonchev–Trinajstić information content (AvgIpc) is 3.24. The maximum Gasteiger partial charge on any atom is 0.338 e. The topological polar surface area (TPSA) is 221 Å². The number of carbonyl (C=O) groups excluding carboxylic acids is 6. The highest BCUT2D eigenvalue weighted by molar-refractivity contribution is 5.96. The normalized spacial score (nSPS) is 31.9. The minimum absolute atomic E-state index is 0.00289. The zero-order chi connectivity index (χ0) is 44.9. The van der Waals surface area contributed by atoms with Crippen molar-refractivity contribution in [1.82, 2.24) is 5.32 Å². The maximum atomic E-state index is 15.5. The van der Waals surface area contributed by atoms with Crippen molar-refractivity contribution in [2.45, 2.75) is 108 Å². The second kappa shape index (κ2) is 16.5. The number of amides is 1. The molecule has 15 heteroatoms. The summed E-state index contributed by atoms with van der Waals surface area (Å²) in [4.78, 5) is 83.5. The zero-order valence-electron chi connectivity index (χ0n) is 35.2. The predicted octanol–water partition coefficient (Wildman–Crippen LogP) is 3.74. The number of benzene rings is 3. The first-order chi connectivity index (χ1) is 29.3. The molecule has 11 atom stereocenters. The molecule has 2 saturated carbocycles. The van der Waals surface area contributed by atoms with E-state index in [-0.39, 0.29) is 35.3 Å². The standard InChI is InChI=1S/C47H51NO14/c1-25-31(60-43(56)36(52)35(28-16-10-7-11-17-28)48-41(54)29-18-12-8-13-19-29)23-47(57)40(61-42(55)30-20-14-9-15-21-30)38-45(6,32(51)22-33-46(38,24-58-33)62-27(3)50)39(53)37(59-26(2)49)34(25)44(47,4)5/h7-21,31-33,35-38,40,51-52,57H,22-24H2,1-6H3,(H,48,54)/t31?,32-,33?,35-,36+,37+,38-,40-,45?,46-,47+/m0/s1. The lowest BCUT2D eigenvalue weighted by atomic mass is 9.44. The summed E-state index contributed by atoms with van der Waals surface area (Å²) in [6.07, 6.45) is -10.5. The Bertz CT molecular complexity index is 2280. The van der Waals surface area contributed by atoms with Gasteiger partial charge in [-0.15, -0.1) is 0 Å². The third-order valence-corrected chi connectivity index (χ3v) is 13.5. The first-order valence-corrected chi connectivity index (χ1v) is 20.5. The fraction of sp³-hybridized carbons (Fsp3) is 0.447. The Hall–Kier alpha value is -5.74. The van der Waals surface area contributed by atoms with Gasteiger partial charge in [0.2, 0.25) is 0 Å². The average molecular weight is 854 g/mol. The molecule has 1 heterocycles. The Balaban J connectivity index is 1.39. The van der Waals surface area contributed by atoms with Crippen LogP contribution in [-0.4, -0.2) is 105 Å². The van der Waals surface area contributed by atoms with Crippen molar-refractivity contribution >= 4 is 35.6 Å². The van der Waals surface area contributed by atoms with E-state index >= 15 is 4.79 Å². The number of hydrogen-bond donors (Lipinski definition) is 4. The summed E-state index contributed by atoms with van der Waals surface area (Å²) in [5.74, 6) is -6.84. The quantitative estimate of drug-likeness (QED) is 0.130. The van der Waals surface area contributed by atoms with E-state index in [1.165, 1.54) is 26.0 Å². The van der Waals surface area contributed by atoms with Gasteiger partial charge in [-0.2, -0.15) is 0 Å². The second-order valence-corrected chi connectivity index (χ2v) is 17.4. The summed E-state index contributed by atoms with van der Waals surface area (Å²) >= 11 is 0. The summed E-state index contributed by atoms with van der Waals surface area (Å²) in [5.41, 5.74) is -7.02. The van der Waals surface area contributed by atoms with Crippen LogP contribution >= 0.6 is 0 Å². The van der Waals surface area contributed by atoms with Crippen molar-refractivity contribution in [1.29, 1.82) is 0 Å². The van der Waals surface area contributed by atoms with Crippen LogP contribution in [0.1, 0.15) is 86.7 Å². The fourth-order valence-corrected chi connectivity index (χ4v) is 10.2. The van der Waals surface area contributed by atoms with Crippen LogP contribution < -0.4 is 5.32 Å². The molecule has 0 aromatic heterocycles. The smallest absolute Gasteiger partial charge is 0.338 e. The van der Waals surface area contributed by atoms with Crippen LogP contribution in [0.5, 0.6) is 0 Å². The van der Waals surface area contributed by atoms with Gasteiger partial charge in [-0.05, 0) is 54.8 Å². The molecule has 0 radical (unpaired) electrons. The molecule has 4 N–H and O–H groups in total. The SMILES string of the molecule is CC(=O)O[C@H]1C(=O)C2(C)[C@@H](O)CC3OC[C@@]3(OC(C)=O)[C@H]2[C@H](OC(=O)c2ccccc2)[C@]2(O)CC(OC(=O)[C@H](O)[C@@H](NC(=O)c3ccccc3)c3ccccc3)C(C)=C1C2(C)C. The number of Topliss-reactive ketones (excluding diaryl/α,β-unsaturated/α-hetero) is 1. The van der Waals surface area contributed by atoms with Crippen LogP contribution in [0.2, 0.25) is 0 Å². The van der Waals surface area contributed by atoms with E-state index in [0.717, 1.165) is 13.8 Å². The summed E-state index contributed by atoms with van der Waals surface area (Å²) in [7, 11) is 0. The van der Waals surface area contributed by atoms with Gasteiger partial charge < -0.3 is 44.3 Å². The Morgan fingerprint density at radius 3 is 1.95 bits per heavy atom. The van der Waals surface area contributed by atoms with Gasteiger partial charge in [0.15, 0.2) is 23.6 Å². The van der Waals surface area contributed by atoms with Crippen LogP contribution in [0.3, 0.4) is 0 Å². The molecule has 2 bridgehead atoms. The highest BCUT2D eigenvalue weighted by Gasteiger charge is 2.78. The Labute approximate surface area is 358 Å². The van der Waals surface area contributed by atoms with Crippen molar-refractivity contribution in [3.8, 4) is 0 Å². The third kappa shape index (κ3) is 7.29. The molecule has 1 aliphatic heterocycles. The number of nitrogens with one attached hydrogen (secondary N) is 1. The van der Waals surface area contributed by atoms with Crippen molar-refractivity contribution < 1.29 is 67.8 Å². The number of rotatable bonds is 10. The lowest BCUT2D eigenvalue weighted by Crippen LogP contribution is -2.82. The molecule has 7 rings (SSSR count). The molecule has 4 aliphatic rings. The van der Waals surface area contributed by atoms with Crippen molar-refractivity contribution in [3.63, 3.8) is 0 Å². The van der Waals surface area contributed by atoms with Gasteiger partial charge in [0.25, 0.3) is 5.91 Å². The van der Waals surface area contributed by atoms with Crippen LogP contribution in [0, 0.1) is 16.7 Å². The summed E-state index contributed by atoms with van der Waals surface area (Å²) < 4.78 is 30.3. The van der Waals surface area contributed by atoms with Gasteiger partial charge in [0, 0.05) is 37.7 Å². The molecule has 62 heavy (non-hydrogen) atoms. The number of carbonyl (C=O) groups is 6. The largest absolute Gasteiger partial charge is 0.456 e. The number of aliphatic hydroxyl groups excluding tert-OH is 2. The molecular formula is C47H51NO14. The highest BCUT2D eigenvalue weighted by atomic mass is 16.6. The maximum absolute atomic E-state index is 15.5. The van der Waals surface area contributed by atoms with Crippen molar-refractivity contribution in [2.75, 3.05) is 6.61 Å². The Morgan fingerprint density at radius 1 is 0.823 bits per heavy atom. The number of fused-ring (bicyclic) bond motifs is 5. The molecule has 1 amide bonds. The predicted molar refractivity (Wildman–Crippen MR) is 218 cm³/mol. The van der Waals surface area contributed by atoms with Gasteiger partial charge in [0.05, 0.1) is 35.6 Å². The van der Waals surface area contributed by atoms with E-state index < -0.39 is 113 Å². The molecule has 3 fully saturated rings. The first kappa shape index (κ1) is 44.3. The van der Waals surface area contributed by atoms with E-state index in [2.05, 4.69) is 5.32 Å². The molecule has 0 spiro atoms. The van der Waals surface area contributed by atoms with E-state index in [9.17, 15) is 39.3 Å². The van der Waals surface area contributed by atoms with E-state index in [4.69, 9.17) is 23.7 Å². The number of ether oxygens (including phenoxy) is 5. The van der Waals surface area contributed by atoms with Crippen molar-refractivity contribution in [3.05, 3.63) is 119 Å². The highest BCUT2D eigenvalue weighted by Crippen LogP contribution is 2.64. The zero-order valence-corrected chi connectivity index (χ0v) is 35.2. The fourth-order valence-electron chi connectivity index (χ4n) is 10.2. The Kier molecular flexibility index (Phi) is 11.8. The van der Waals surface area contributed by atoms with Gasteiger partial charge in [-0.3, -0.25) is 19.2 Å². The summed E-state index contributed by atoms with van der Waals surface area (Å²) in [5, 5.41) is 40.2. The first-order valence-electron chi connectivity index (χ1n) is 20.5. The molecule has 328 valence electrons.